The van der Waals surface area contributed by atoms with Crippen LogP contribution in [-0.4, -0.2) is 10.9 Å². The summed E-state index contributed by atoms with van der Waals surface area (Å²) in [6.45, 7) is 2.15. The highest BCUT2D eigenvalue weighted by molar-refractivity contribution is 5.91. The lowest BCUT2D eigenvalue weighted by Crippen LogP contribution is -2.26. The second-order valence-corrected chi connectivity index (χ2v) is 3.92. The Labute approximate surface area is 105 Å². The Morgan fingerprint density at radius 2 is 2.28 bits per heavy atom. The molecule has 5 heteroatoms. The van der Waals surface area contributed by atoms with Gasteiger partial charge >= 0.3 is 0 Å². The number of aromatic nitrogens is 1. The van der Waals surface area contributed by atoms with Crippen molar-refractivity contribution in [2.75, 3.05) is 0 Å². The summed E-state index contributed by atoms with van der Waals surface area (Å²) in [5.41, 5.74) is 6.22. The van der Waals surface area contributed by atoms with Crippen molar-refractivity contribution in [3.63, 3.8) is 0 Å². The summed E-state index contributed by atoms with van der Waals surface area (Å²) in [5.74, 6) is 0.580. The van der Waals surface area contributed by atoms with Gasteiger partial charge in [-0.05, 0) is 31.2 Å². The van der Waals surface area contributed by atoms with Crippen molar-refractivity contribution in [3.8, 4) is 0 Å². The lowest BCUT2D eigenvalue weighted by Gasteiger charge is -2.11. The number of hydrogen-bond acceptors (Lipinski definition) is 4. The zero-order valence-corrected chi connectivity index (χ0v) is 10.1. The Morgan fingerprint density at radius 1 is 1.44 bits per heavy atom. The molecule has 0 aromatic carbocycles. The van der Waals surface area contributed by atoms with E-state index in [1.165, 1.54) is 0 Å². The quantitative estimate of drug-likeness (QED) is 0.857. The van der Waals surface area contributed by atoms with E-state index in [0.29, 0.717) is 5.76 Å². The Kier molecular flexibility index (Phi) is 3.74. The Balaban J connectivity index is 2.03. The normalized spacial score (nSPS) is 12.1. The van der Waals surface area contributed by atoms with Crippen LogP contribution in [0.1, 0.15) is 35.0 Å². The van der Waals surface area contributed by atoms with Gasteiger partial charge in [-0.1, -0.05) is 6.07 Å². The predicted molar refractivity (Wildman–Crippen MR) is 66.7 cm³/mol. The zero-order chi connectivity index (χ0) is 13.0. The van der Waals surface area contributed by atoms with Crippen LogP contribution in [0.25, 0.3) is 0 Å². The molecule has 0 bridgehead atoms. The van der Waals surface area contributed by atoms with Crippen molar-refractivity contribution in [2.24, 2.45) is 5.73 Å². The zero-order valence-electron chi connectivity index (χ0n) is 10.1. The van der Waals surface area contributed by atoms with Crippen LogP contribution in [-0.2, 0) is 6.54 Å². The van der Waals surface area contributed by atoms with E-state index in [1.807, 2.05) is 25.1 Å². The average Bonchev–Trinajstić information content (AvgIpc) is 2.88. The number of rotatable bonds is 4. The van der Waals surface area contributed by atoms with Crippen LogP contribution in [0.15, 0.2) is 40.9 Å². The smallest absolute Gasteiger partial charge is 0.287 e. The maximum atomic E-state index is 11.9. The first-order valence-corrected chi connectivity index (χ1v) is 5.71. The van der Waals surface area contributed by atoms with Crippen LogP contribution < -0.4 is 11.1 Å². The number of hydrogen-bond donors (Lipinski definition) is 2. The van der Waals surface area contributed by atoms with E-state index >= 15 is 0 Å². The van der Waals surface area contributed by atoms with Gasteiger partial charge in [-0.3, -0.25) is 9.78 Å². The fourth-order valence-corrected chi connectivity index (χ4v) is 1.58. The highest BCUT2D eigenvalue weighted by atomic mass is 16.4. The van der Waals surface area contributed by atoms with Crippen molar-refractivity contribution >= 4 is 5.91 Å². The van der Waals surface area contributed by atoms with Gasteiger partial charge in [-0.25, -0.2) is 0 Å². The van der Waals surface area contributed by atoms with Gasteiger partial charge in [-0.15, -0.1) is 0 Å². The summed E-state index contributed by atoms with van der Waals surface area (Å²) in [4.78, 5) is 16.1. The largest absolute Gasteiger partial charge is 0.455 e. The van der Waals surface area contributed by atoms with Gasteiger partial charge < -0.3 is 15.5 Å². The van der Waals surface area contributed by atoms with Crippen LogP contribution in [0.3, 0.4) is 0 Å². The second-order valence-electron chi connectivity index (χ2n) is 3.92. The number of carbonyl (C=O) groups excluding carboxylic acids is 1. The van der Waals surface area contributed by atoms with Crippen LogP contribution in [0.5, 0.6) is 0 Å². The van der Waals surface area contributed by atoms with Crippen LogP contribution >= 0.6 is 0 Å². The van der Waals surface area contributed by atoms with E-state index in [0.717, 1.165) is 5.69 Å². The molecule has 5 nitrogen and oxygen atoms in total. The lowest BCUT2D eigenvalue weighted by molar-refractivity contribution is 0.0909. The van der Waals surface area contributed by atoms with E-state index in [9.17, 15) is 4.79 Å². The van der Waals surface area contributed by atoms with Crippen molar-refractivity contribution in [1.82, 2.24) is 10.3 Å². The maximum absolute atomic E-state index is 11.9. The standard InChI is InChI=1S/C13H15N3O2/c1-9(11-4-2-3-7-15-11)16-13(17)12-6-5-10(8-14)18-12/h2-7,9H,8,14H2,1H3,(H,16,17). The molecule has 0 radical (unpaired) electrons. The second kappa shape index (κ2) is 5.46. The molecule has 0 saturated heterocycles. The number of pyridine rings is 1. The molecule has 18 heavy (non-hydrogen) atoms. The maximum Gasteiger partial charge on any atom is 0.287 e. The molecule has 2 rings (SSSR count). The van der Waals surface area contributed by atoms with Gasteiger partial charge in [0.15, 0.2) is 5.76 Å². The van der Waals surface area contributed by atoms with Crippen LogP contribution in [0.2, 0.25) is 0 Å². The molecular weight excluding hydrogens is 230 g/mol. The molecule has 94 valence electrons. The monoisotopic (exact) mass is 245 g/mol. The van der Waals surface area contributed by atoms with Gasteiger partial charge in [0.2, 0.25) is 0 Å². The molecule has 3 N–H and O–H groups in total. The summed E-state index contributed by atoms with van der Waals surface area (Å²) in [5, 5.41) is 2.81. The summed E-state index contributed by atoms with van der Waals surface area (Å²) >= 11 is 0. The summed E-state index contributed by atoms with van der Waals surface area (Å²) in [6.07, 6.45) is 1.69. The lowest BCUT2D eigenvalue weighted by atomic mass is 10.2. The molecule has 0 aliphatic heterocycles. The van der Waals surface area contributed by atoms with Gasteiger partial charge in [0.05, 0.1) is 18.3 Å². The van der Waals surface area contributed by atoms with Gasteiger partial charge in [0.1, 0.15) is 5.76 Å². The predicted octanol–water partition coefficient (Wildman–Crippen LogP) is 1.62. The average molecular weight is 245 g/mol. The SMILES string of the molecule is CC(NC(=O)c1ccc(CN)o1)c1ccccn1. The fourth-order valence-electron chi connectivity index (χ4n) is 1.58. The number of nitrogens with zero attached hydrogens (tertiary/aromatic N) is 1. The van der Waals surface area contributed by atoms with E-state index in [4.69, 9.17) is 10.2 Å². The molecule has 0 saturated carbocycles. The third-order valence-corrected chi connectivity index (χ3v) is 2.57. The fraction of sp³-hybridized carbons (Fsp3) is 0.231. The molecule has 0 spiro atoms. The van der Waals surface area contributed by atoms with E-state index in [-0.39, 0.29) is 24.3 Å². The number of nitrogens with two attached hydrogens (primary N) is 1. The van der Waals surface area contributed by atoms with Gasteiger partial charge in [0.25, 0.3) is 5.91 Å². The highest BCUT2D eigenvalue weighted by Gasteiger charge is 2.15. The summed E-state index contributed by atoms with van der Waals surface area (Å²) in [7, 11) is 0. The third kappa shape index (κ3) is 2.75. The van der Waals surface area contributed by atoms with Crippen LogP contribution in [0, 0.1) is 0 Å². The number of carbonyl (C=O) groups is 1. The van der Waals surface area contributed by atoms with Crippen molar-refractivity contribution in [1.29, 1.82) is 0 Å². The van der Waals surface area contributed by atoms with Crippen molar-refractivity contribution in [3.05, 3.63) is 53.7 Å². The minimum absolute atomic E-state index is 0.176. The molecule has 2 aromatic rings. The first kappa shape index (κ1) is 12.3. The molecule has 1 unspecified atom stereocenters. The molecule has 1 atom stereocenters. The highest BCUT2D eigenvalue weighted by Crippen LogP contribution is 2.11. The molecule has 0 fully saturated rings. The number of amides is 1. The van der Waals surface area contributed by atoms with Gasteiger partial charge in [-0.2, -0.15) is 0 Å². The van der Waals surface area contributed by atoms with E-state index in [1.54, 1.807) is 18.3 Å². The number of furan rings is 1. The Morgan fingerprint density at radius 3 is 2.89 bits per heavy atom. The molecule has 0 aliphatic carbocycles. The Bertz CT molecular complexity index is 522. The molecular formula is C13H15N3O2. The summed E-state index contributed by atoms with van der Waals surface area (Å²) < 4.78 is 5.27. The summed E-state index contributed by atoms with van der Waals surface area (Å²) in [6, 6.07) is 8.70. The van der Waals surface area contributed by atoms with Crippen molar-refractivity contribution < 1.29 is 9.21 Å². The van der Waals surface area contributed by atoms with E-state index < -0.39 is 0 Å². The molecule has 0 aliphatic rings. The third-order valence-electron chi connectivity index (χ3n) is 2.57. The minimum atomic E-state index is -0.271. The minimum Gasteiger partial charge on any atom is -0.455 e. The van der Waals surface area contributed by atoms with E-state index in [2.05, 4.69) is 10.3 Å². The van der Waals surface area contributed by atoms with Gasteiger partial charge in [0, 0.05) is 6.20 Å². The molecule has 2 heterocycles. The molecule has 2 aromatic heterocycles. The van der Waals surface area contributed by atoms with Crippen LogP contribution in [0.4, 0.5) is 0 Å². The first-order valence-electron chi connectivity index (χ1n) is 5.71. The first-order chi connectivity index (χ1) is 8.70. The Hall–Kier alpha value is -2.14. The van der Waals surface area contributed by atoms with Crippen molar-refractivity contribution in [2.45, 2.75) is 19.5 Å². The molecule has 1 amide bonds. The number of nitrogens with one attached hydrogen (secondary N) is 1. The topological polar surface area (TPSA) is 81.2 Å².